The molecule has 100 valence electrons. The van der Waals surface area contributed by atoms with Gasteiger partial charge in [-0.3, -0.25) is 4.98 Å². The highest BCUT2D eigenvalue weighted by Gasteiger charge is 2.11. The molecule has 0 spiro atoms. The number of anilines is 1. The average molecular weight is 257 g/mol. The summed E-state index contributed by atoms with van der Waals surface area (Å²) in [7, 11) is 0. The maximum Gasteiger partial charge on any atom is 0.169 e. The smallest absolute Gasteiger partial charge is 0.169 e. The van der Waals surface area contributed by atoms with Crippen LogP contribution in [0.3, 0.4) is 0 Å². The first-order valence-electron chi connectivity index (χ1n) is 6.45. The van der Waals surface area contributed by atoms with E-state index in [1.807, 2.05) is 44.3 Å². The zero-order valence-electron chi connectivity index (χ0n) is 11.5. The third-order valence-electron chi connectivity index (χ3n) is 2.67. The van der Waals surface area contributed by atoms with Gasteiger partial charge >= 0.3 is 0 Å². The van der Waals surface area contributed by atoms with Crippen molar-refractivity contribution in [1.82, 2.24) is 9.97 Å². The van der Waals surface area contributed by atoms with Gasteiger partial charge in [-0.1, -0.05) is 6.07 Å². The van der Waals surface area contributed by atoms with Gasteiger partial charge in [-0.2, -0.15) is 0 Å². The Labute approximate surface area is 113 Å². The Kier molecular flexibility index (Phi) is 4.34. The molecule has 0 aliphatic rings. The first-order valence-corrected chi connectivity index (χ1v) is 6.45. The molecule has 0 bridgehead atoms. The minimum absolute atomic E-state index is 0.123. The molecule has 2 aromatic rings. The Balaban J connectivity index is 2.15. The zero-order valence-corrected chi connectivity index (χ0v) is 11.5. The molecule has 4 heteroatoms. The van der Waals surface area contributed by atoms with Crippen molar-refractivity contribution in [2.45, 2.75) is 32.9 Å². The van der Waals surface area contributed by atoms with E-state index in [1.54, 1.807) is 12.4 Å². The third-order valence-corrected chi connectivity index (χ3v) is 2.67. The Morgan fingerprint density at radius 2 is 1.89 bits per heavy atom. The fraction of sp³-hybridized carbons (Fsp3) is 0.333. The maximum absolute atomic E-state index is 5.74. The van der Waals surface area contributed by atoms with Crippen LogP contribution in [0, 0.1) is 0 Å². The van der Waals surface area contributed by atoms with Crippen LogP contribution < -0.4 is 10.1 Å². The molecular formula is C15H19N3O. The molecule has 1 N–H and O–H groups in total. The second-order valence-electron chi connectivity index (χ2n) is 4.67. The van der Waals surface area contributed by atoms with Gasteiger partial charge in [-0.15, -0.1) is 0 Å². The van der Waals surface area contributed by atoms with E-state index in [9.17, 15) is 0 Å². The van der Waals surface area contributed by atoms with Gasteiger partial charge in [0.25, 0.3) is 0 Å². The molecule has 0 aliphatic heterocycles. The van der Waals surface area contributed by atoms with E-state index in [0.29, 0.717) is 0 Å². The molecule has 0 amide bonds. The fourth-order valence-corrected chi connectivity index (χ4v) is 1.77. The van der Waals surface area contributed by atoms with Crippen LogP contribution in [0.1, 0.15) is 32.4 Å². The highest BCUT2D eigenvalue weighted by molar-refractivity contribution is 5.51. The number of nitrogens with zero attached hydrogens (tertiary/aromatic N) is 2. The summed E-state index contributed by atoms with van der Waals surface area (Å²) in [6.45, 7) is 6.08. The van der Waals surface area contributed by atoms with E-state index in [2.05, 4.69) is 22.2 Å². The predicted octanol–water partition coefficient (Wildman–Crippen LogP) is 3.44. The quantitative estimate of drug-likeness (QED) is 0.891. The number of ether oxygens (including phenoxy) is 1. The Hall–Kier alpha value is -2.10. The van der Waals surface area contributed by atoms with Gasteiger partial charge in [0, 0.05) is 18.6 Å². The molecule has 0 saturated carbocycles. The molecule has 0 radical (unpaired) electrons. The van der Waals surface area contributed by atoms with Gasteiger partial charge in [0.15, 0.2) is 11.6 Å². The third kappa shape index (κ3) is 3.68. The second kappa shape index (κ2) is 6.18. The van der Waals surface area contributed by atoms with E-state index in [0.717, 1.165) is 17.1 Å². The Morgan fingerprint density at radius 3 is 2.58 bits per heavy atom. The maximum atomic E-state index is 5.74. The molecule has 0 fully saturated rings. The standard InChI is InChI=1S/C15H19N3O/c1-11(2)19-14-7-5-9-17-15(14)18-12(3)13-6-4-8-16-10-13/h4-12H,1-3H3,(H,17,18). The van der Waals surface area contributed by atoms with E-state index in [4.69, 9.17) is 4.74 Å². The predicted molar refractivity (Wildman–Crippen MR) is 76.3 cm³/mol. The van der Waals surface area contributed by atoms with E-state index < -0.39 is 0 Å². The van der Waals surface area contributed by atoms with Crippen LogP contribution in [0.25, 0.3) is 0 Å². The lowest BCUT2D eigenvalue weighted by Gasteiger charge is -2.18. The van der Waals surface area contributed by atoms with Crippen molar-refractivity contribution in [2.24, 2.45) is 0 Å². The number of hydrogen-bond donors (Lipinski definition) is 1. The van der Waals surface area contributed by atoms with Crippen molar-refractivity contribution in [2.75, 3.05) is 5.32 Å². The van der Waals surface area contributed by atoms with E-state index in [1.165, 1.54) is 0 Å². The summed E-state index contributed by atoms with van der Waals surface area (Å²) in [6, 6.07) is 7.88. The van der Waals surface area contributed by atoms with Gasteiger partial charge < -0.3 is 10.1 Å². The summed E-state index contributed by atoms with van der Waals surface area (Å²) in [6.07, 6.45) is 5.50. The van der Waals surface area contributed by atoms with Gasteiger partial charge in [-0.05, 0) is 44.5 Å². The van der Waals surface area contributed by atoms with Crippen LogP contribution in [0.2, 0.25) is 0 Å². The van der Waals surface area contributed by atoms with Gasteiger partial charge in [0.05, 0.1) is 12.1 Å². The largest absolute Gasteiger partial charge is 0.487 e. The molecule has 4 nitrogen and oxygen atoms in total. The van der Waals surface area contributed by atoms with E-state index in [-0.39, 0.29) is 12.1 Å². The average Bonchev–Trinajstić information content (AvgIpc) is 2.41. The molecular weight excluding hydrogens is 238 g/mol. The van der Waals surface area contributed by atoms with Crippen LogP contribution >= 0.6 is 0 Å². The highest BCUT2D eigenvalue weighted by Crippen LogP contribution is 2.26. The first-order chi connectivity index (χ1) is 9.16. The molecule has 0 aliphatic carbocycles. The SMILES string of the molecule is CC(C)Oc1cccnc1NC(C)c1cccnc1. The molecule has 2 aromatic heterocycles. The monoisotopic (exact) mass is 257 g/mol. The summed E-state index contributed by atoms with van der Waals surface area (Å²) in [5.41, 5.74) is 1.11. The number of nitrogens with one attached hydrogen (secondary N) is 1. The zero-order chi connectivity index (χ0) is 13.7. The lowest BCUT2D eigenvalue weighted by molar-refractivity contribution is 0.242. The van der Waals surface area contributed by atoms with E-state index >= 15 is 0 Å². The van der Waals surface area contributed by atoms with Crippen molar-refractivity contribution in [3.05, 3.63) is 48.4 Å². The molecule has 19 heavy (non-hydrogen) atoms. The summed E-state index contributed by atoms with van der Waals surface area (Å²) in [5, 5.41) is 3.36. The molecule has 2 rings (SSSR count). The lowest BCUT2D eigenvalue weighted by Crippen LogP contribution is -2.12. The molecule has 0 saturated heterocycles. The van der Waals surface area contributed by atoms with Gasteiger partial charge in [-0.25, -0.2) is 4.98 Å². The molecule has 0 aromatic carbocycles. The minimum atomic E-state index is 0.123. The highest BCUT2D eigenvalue weighted by atomic mass is 16.5. The topological polar surface area (TPSA) is 47.0 Å². The van der Waals surface area contributed by atoms with Crippen molar-refractivity contribution < 1.29 is 4.74 Å². The summed E-state index contributed by atoms with van der Waals surface area (Å²) in [4.78, 5) is 8.47. The number of hydrogen-bond acceptors (Lipinski definition) is 4. The molecule has 1 unspecified atom stereocenters. The van der Waals surface area contributed by atoms with Crippen molar-refractivity contribution in [3.63, 3.8) is 0 Å². The first kappa shape index (κ1) is 13.3. The summed E-state index contributed by atoms with van der Waals surface area (Å²) in [5.74, 6) is 1.53. The lowest BCUT2D eigenvalue weighted by atomic mass is 10.1. The van der Waals surface area contributed by atoms with Crippen LogP contribution in [0.15, 0.2) is 42.9 Å². The number of rotatable bonds is 5. The summed E-state index contributed by atoms with van der Waals surface area (Å²) < 4.78 is 5.74. The van der Waals surface area contributed by atoms with Crippen LogP contribution in [0.4, 0.5) is 5.82 Å². The second-order valence-corrected chi connectivity index (χ2v) is 4.67. The van der Waals surface area contributed by atoms with Crippen molar-refractivity contribution in [3.8, 4) is 5.75 Å². The number of pyridine rings is 2. The van der Waals surface area contributed by atoms with Crippen molar-refractivity contribution in [1.29, 1.82) is 0 Å². The minimum Gasteiger partial charge on any atom is -0.487 e. The van der Waals surface area contributed by atoms with Crippen molar-refractivity contribution >= 4 is 5.82 Å². The van der Waals surface area contributed by atoms with Crippen LogP contribution in [0.5, 0.6) is 5.75 Å². The normalized spacial score (nSPS) is 12.2. The van der Waals surface area contributed by atoms with Gasteiger partial charge in [0.1, 0.15) is 0 Å². The Bertz CT molecular complexity index is 514. The van der Waals surface area contributed by atoms with Crippen LogP contribution in [-0.2, 0) is 0 Å². The fourth-order valence-electron chi connectivity index (χ4n) is 1.77. The van der Waals surface area contributed by atoms with Gasteiger partial charge in [0.2, 0.25) is 0 Å². The van der Waals surface area contributed by atoms with Crippen LogP contribution in [-0.4, -0.2) is 16.1 Å². The summed E-state index contributed by atoms with van der Waals surface area (Å²) >= 11 is 0. The number of aromatic nitrogens is 2. The molecule has 1 atom stereocenters. The molecule has 2 heterocycles. The Morgan fingerprint density at radius 1 is 1.11 bits per heavy atom.